The van der Waals surface area contributed by atoms with Gasteiger partial charge in [-0.2, -0.15) is 0 Å². The average Bonchev–Trinajstić information content (AvgIpc) is 2.60. The lowest BCUT2D eigenvalue weighted by atomic mass is 10.2. The molecule has 0 N–H and O–H groups in total. The van der Waals surface area contributed by atoms with E-state index in [-0.39, 0.29) is 5.91 Å². The third-order valence-electron chi connectivity index (χ3n) is 3.04. The maximum atomic E-state index is 12.1. The number of halogens is 1. The second-order valence-corrected chi connectivity index (χ2v) is 12.0. The molecule has 0 spiro atoms. The summed E-state index contributed by atoms with van der Waals surface area (Å²) in [6, 6.07) is 4.48. The molecule has 1 aliphatic rings. The predicted octanol–water partition coefficient (Wildman–Crippen LogP) is 3.00. The van der Waals surface area contributed by atoms with Gasteiger partial charge in [0.05, 0.1) is 17.8 Å². The number of aromatic nitrogens is 1. The maximum Gasteiger partial charge on any atom is 0.257 e. The fourth-order valence-corrected chi connectivity index (χ4v) is 2.79. The molecule has 0 aliphatic carbocycles. The van der Waals surface area contributed by atoms with E-state index in [9.17, 15) is 4.79 Å². The lowest BCUT2D eigenvalue weighted by Gasteiger charge is -2.18. The average molecular weight is 299 g/mol. The number of ether oxygens (including phenoxy) is 1. The Bertz CT molecular complexity index is 488. The topological polar surface area (TPSA) is 42.4 Å². The Hall–Kier alpha value is -0.913. The molecule has 1 aliphatic heterocycles. The first-order valence-corrected chi connectivity index (χ1v) is 10.5. The largest absolute Gasteiger partial charge is 0.361 e. The molecule has 0 saturated heterocycles. The molecular weight excluding hydrogens is 280 g/mol. The Morgan fingerprint density at radius 2 is 2.16 bits per heavy atom. The van der Waals surface area contributed by atoms with Gasteiger partial charge in [-0.1, -0.05) is 31.2 Å². The van der Waals surface area contributed by atoms with Crippen molar-refractivity contribution in [3.8, 4) is 0 Å². The summed E-state index contributed by atoms with van der Waals surface area (Å²) in [5.41, 5.74) is 1.38. The van der Waals surface area contributed by atoms with Gasteiger partial charge in [0.15, 0.2) is 0 Å². The maximum absolute atomic E-state index is 12.1. The molecule has 0 radical (unpaired) electrons. The first-order chi connectivity index (χ1) is 8.87. The van der Waals surface area contributed by atoms with E-state index >= 15 is 0 Å². The van der Waals surface area contributed by atoms with Crippen molar-refractivity contribution in [2.24, 2.45) is 0 Å². The van der Waals surface area contributed by atoms with Crippen LogP contribution in [-0.4, -0.2) is 37.2 Å². The summed E-state index contributed by atoms with van der Waals surface area (Å²) < 4.78 is 5.60. The van der Waals surface area contributed by atoms with Crippen LogP contribution in [-0.2, 0) is 11.3 Å². The predicted molar refractivity (Wildman–Crippen MR) is 78.1 cm³/mol. The first-order valence-electron chi connectivity index (χ1n) is 6.39. The van der Waals surface area contributed by atoms with Crippen LogP contribution in [0.25, 0.3) is 0 Å². The zero-order valence-electron chi connectivity index (χ0n) is 11.6. The lowest BCUT2D eigenvalue weighted by molar-refractivity contribution is 0.0295. The molecule has 0 unspecified atom stereocenters. The number of hydrogen-bond acceptors (Lipinski definition) is 3. The Labute approximate surface area is 119 Å². The standard InChI is InChI=1S/C13H19ClN2O2Si/c1-19(2,3)7-6-18-9-16-8-11-10(13(16)17)4-5-12(14)15-11/h4-5H,6-9H2,1-3H3. The highest BCUT2D eigenvalue weighted by Crippen LogP contribution is 2.22. The van der Waals surface area contributed by atoms with Crippen molar-refractivity contribution in [2.75, 3.05) is 13.3 Å². The molecule has 1 aromatic rings. The lowest BCUT2D eigenvalue weighted by Crippen LogP contribution is -2.28. The van der Waals surface area contributed by atoms with Crippen LogP contribution in [0.1, 0.15) is 16.1 Å². The number of pyridine rings is 1. The van der Waals surface area contributed by atoms with Crippen LogP contribution in [0.2, 0.25) is 30.8 Å². The Morgan fingerprint density at radius 1 is 1.42 bits per heavy atom. The number of carbonyl (C=O) groups excluding carboxylic acids is 1. The van der Waals surface area contributed by atoms with Crippen molar-refractivity contribution < 1.29 is 9.53 Å². The SMILES string of the molecule is C[Si](C)(C)CCOCN1Cc2nc(Cl)ccc2C1=O. The molecule has 0 fully saturated rings. The molecule has 6 heteroatoms. The number of carbonyl (C=O) groups is 1. The first kappa shape index (κ1) is 14.5. The molecule has 1 amide bonds. The minimum atomic E-state index is -1.08. The highest BCUT2D eigenvalue weighted by molar-refractivity contribution is 6.76. The van der Waals surface area contributed by atoms with Crippen molar-refractivity contribution in [1.29, 1.82) is 0 Å². The van der Waals surface area contributed by atoms with Crippen LogP contribution in [0.4, 0.5) is 0 Å². The number of hydrogen-bond donors (Lipinski definition) is 0. The molecule has 0 saturated carbocycles. The molecule has 1 aromatic heterocycles. The second kappa shape index (κ2) is 5.61. The van der Waals surface area contributed by atoms with Gasteiger partial charge >= 0.3 is 0 Å². The van der Waals surface area contributed by atoms with Crippen LogP contribution >= 0.6 is 11.6 Å². The highest BCUT2D eigenvalue weighted by atomic mass is 35.5. The molecule has 19 heavy (non-hydrogen) atoms. The van der Waals surface area contributed by atoms with Crippen LogP contribution in [0.15, 0.2) is 12.1 Å². The van der Waals surface area contributed by atoms with Gasteiger partial charge in [-0.25, -0.2) is 4.98 Å². The van der Waals surface area contributed by atoms with E-state index in [2.05, 4.69) is 24.6 Å². The number of fused-ring (bicyclic) bond motifs is 1. The number of amides is 1. The van der Waals surface area contributed by atoms with Gasteiger partial charge in [0, 0.05) is 14.7 Å². The summed E-state index contributed by atoms with van der Waals surface area (Å²) in [7, 11) is -1.08. The van der Waals surface area contributed by atoms with Crippen molar-refractivity contribution in [1.82, 2.24) is 9.88 Å². The Kier molecular flexibility index (Phi) is 4.28. The third-order valence-corrected chi connectivity index (χ3v) is 4.96. The van der Waals surface area contributed by atoms with Gasteiger partial charge in [-0.3, -0.25) is 4.79 Å². The van der Waals surface area contributed by atoms with Gasteiger partial charge in [0.2, 0.25) is 0 Å². The van der Waals surface area contributed by atoms with Gasteiger partial charge in [0.1, 0.15) is 11.9 Å². The van der Waals surface area contributed by atoms with Gasteiger partial charge in [-0.15, -0.1) is 0 Å². The van der Waals surface area contributed by atoms with E-state index in [0.29, 0.717) is 30.6 Å². The fraction of sp³-hybridized carbons (Fsp3) is 0.538. The molecule has 104 valence electrons. The quantitative estimate of drug-likeness (QED) is 0.477. The van der Waals surface area contributed by atoms with Crippen molar-refractivity contribution >= 4 is 25.6 Å². The minimum Gasteiger partial charge on any atom is -0.361 e. The smallest absolute Gasteiger partial charge is 0.257 e. The fourth-order valence-electron chi connectivity index (χ4n) is 1.87. The van der Waals surface area contributed by atoms with E-state index in [4.69, 9.17) is 16.3 Å². The van der Waals surface area contributed by atoms with Gasteiger partial charge < -0.3 is 9.64 Å². The van der Waals surface area contributed by atoms with Crippen molar-refractivity contribution in [3.63, 3.8) is 0 Å². The Balaban J connectivity index is 1.87. The van der Waals surface area contributed by atoms with Crippen LogP contribution in [0, 0.1) is 0 Å². The molecule has 0 bridgehead atoms. The van der Waals surface area contributed by atoms with E-state index in [1.807, 2.05) is 0 Å². The van der Waals surface area contributed by atoms with Crippen LogP contribution in [0.3, 0.4) is 0 Å². The van der Waals surface area contributed by atoms with Crippen molar-refractivity contribution in [3.05, 3.63) is 28.5 Å². The zero-order valence-corrected chi connectivity index (χ0v) is 13.3. The normalized spacial score (nSPS) is 14.9. The van der Waals surface area contributed by atoms with E-state index in [0.717, 1.165) is 11.7 Å². The van der Waals surface area contributed by atoms with Crippen LogP contribution < -0.4 is 0 Å². The molecule has 0 aromatic carbocycles. The number of rotatable bonds is 5. The molecular formula is C13H19ClN2O2Si. The summed E-state index contributed by atoms with van der Waals surface area (Å²) in [6.07, 6.45) is 0. The summed E-state index contributed by atoms with van der Waals surface area (Å²) in [5.74, 6) is -0.0211. The van der Waals surface area contributed by atoms with Gasteiger partial charge in [-0.05, 0) is 18.2 Å². The molecule has 0 atom stereocenters. The summed E-state index contributed by atoms with van der Waals surface area (Å²) in [6.45, 7) is 8.44. The third kappa shape index (κ3) is 3.78. The van der Waals surface area contributed by atoms with E-state index in [1.165, 1.54) is 0 Å². The Morgan fingerprint density at radius 3 is 2.84 bits per heavy atom. The summed E-state index contributed by atoms with van der Waals surface area (Å²) in [5, 5.41) is 0.424. The van der Waals surface area contributed by atoms with Crippen molar-refractivity contribution in [2.45, 2.75) is 32.2 Å². The molecule has 2 heterocycles. The van der Waals surface area contributed by atoms with Gasteiger partial charge in [0.25, 0.3) is 5.91 Å². The van der Waals surface area contributed by atoms with Crippen LogP contribution in [0.5, 0.6) is 0 Å². The highest BCUT2D eigenvalue weighted by Gasteiger charge is 2.28. The molecule has 2 rings (SSSR count). The van der Waals surface area contributed by atoms with E-state index in [1.54, 1.807) is 17.0 Å². The summed E-state index contributed by atoms with van der Waals surface area (Å²) >= 11 is 5.83. The molecule has 4 nitrogen and oxygen atoms in total. The number of nitrogens with zero attached hydrogens (tertiary/aromatic N) is 2. The second-order valence-electron chi connectivity index (χ2n) is 5.98. The monoisotopic (exact) mass is 298 g/mol. The minimum absolute atomic E-state index is 0.0211. The van der Waals surface area contributed by atoms with E-state index < -0.39 is 8.07 Å². The summed E-state index contributed by atoms with van der Waals surface area (Å²) in [4.78, 5) is 17.9. The zero-order chi connectivity index (χ0) is 14.0.